The molecule has 1 aromatic rings. The lowest BCUT2D eigenvalue weighted by molar-refractivity contribution is -0.122. The zero-order chi connectivity index (χ0) is 14.4. The molecule has 110 valence electrons. The SMILES string of the molecule is CC(NC(=O)CN1CCCCCC1)c1cccc(Cl)c1. The summed E-state index contributed by atoms with van der Waals surface area (Å²) in [5.74, 6) is 0.0966. The van der Waals surface area contributed by atoms with Crippen molar-refractivity contribution >= 4 is 17.5 Å². The summed E-state index contributed by atoms with van der Waals surface area (Å²) in [5.41, 5.74) is 1.04. The van der Waals surface area contributed by atoms with Gasteiger partial charge in [0.25, 0.3) is 0 Å². The zero-order valence-electron chi connectivity index (χ0n) is 12.1. The molecule has 1 heterocycles. The lowest BCUT2D eigenvalue weighted by atomic mass is 10.1. The van der Waals surface area contributed by atoms with E-state index in [0.717, 1.165) is 18.7 Å². The Morgan fingerprint density at radius 3 is 2.65 bits per heavy atom. The van der Waals surface area contributed by atoms with E-state index in [1.54, 1.807) is 0 Å². The van der Waals surface area contributed by atoms with Gasteiger partial charge in [-0.2, -0.15) is 0 Å². The molecule has 1 aliphatic rings. The van der Waals surface area contributed by atoms with Crippen LogP contribution in [0.2, 0.25) is 5.02 Å². The number of nitrogens with one attached hydrogen (secondary N) is 1. The van der Waals surface area contributed by atoms with E-state index in [1.165, 1.54) is 25.7 Å². The summed E-state index contributed by atoms with van der Waals surface area (Å²) < 4.78 is 0. The second-order valence-corrected chi connectivity index (χ2v) is 5.97. The molecule has 1 atom stereocenters. The molecule has 0 aliphatic carbocycles. The van der Waals surface area contributed by atoms with Crippen LogP contribution in [0.1, 0.15) is 44.2 Å². The molecule has 0 bridgehead atoms. The average molecular weight is 295 g/mol. The number of amides is 1. The summed E-state index contributed by atoms with van der Waals surface area (Å²) in [6.45, 7) is 4.58. The summed E-state index contributed by atoms with van der Waals surface area (Å²) in [6, 6.07) is 7.64. The number of likely N-dealkylation sites (tertiary alicyclic amines) is 1. The molecular formula is C16H23ClN2O. The fourth-order valence-corrected chi connectivity index (χ4v) is 2.84. The summed E-state index contributed by atoms with van der Waals surface area (Å²) in [7, 11) is 0. The maximum atomic E-state index is 12.1. The molecule has 0 aromatic heterocycles. The Kier molecular flexibility index (Phi) is 5.86. The van der Waals surface area contributed by atoms with E-state index in [0.29, 0.717) is 11.6 Å². The molecule has 1 saturated heterocycles. The summed E-state index contributed by atoms with van der Waals surface area (Å²) in [6.07, 6.45) is 4.99. The summed E-state index contributed by atoms with van der Waals surface area (Å²) in [4.78, 5) is 14.4. The highest BCUT2D eigenvalue weighted by atomic mass is 35.5. The van der Waals surface area contributed by atoms with Crippen molar-refractivity contribution in [2.45, 2.75) is 38.6 Å². The topological polar surface area (TPSA) is 32.3 Å². The second kappa shape index (κ2) is 7.65. The smallest absolute Gasteiger partial charge is 0.234 e. The van der Waals surface area contributed by atoms with Crippen LogP contribution in [0.4, 0.5) is 0 Å². The average Bonchev–Trinajstić information content (AvgIpc) is 2.67. The third-order valence-corrected chi connectivity index (χ3v) is 4.03. The van der Waals surface area contributed by atoms with Crippen LogP contribution in [0.5, 0.6) is 0 Å². The van der Waals surface area contributed by atoms with Crippen molar-refractivity contribution in [3.05, 3.63) is 34.9 Å². The molecule has 1 aliphatic heterocycles. The van der Waals surface area contributed by atoms with E-state index < -0.39 is 0 Å². The molecule has 0 saturated carbocycles. The predicted molar refractivity (Wildman–Crippen MR) is 82.9 cm³/mol. The van der Waals surface area contributed by atoms with E-state index in [1.807, 2.05) is 31.2 Å². The highest BCUT2D eigenvalue weighted by molar-refractivity contribution is 6.30. The van der Waals surface area contributed by atoms with Crippen molar-refractivity contribution < 1.29 is 4.79 Å². The van der Waals surface area contributed by atoms with Gasteiger partial charge in [0.15, 0.2) is 0 Å². The Hall–Kier alpha value is -1.06. The lowest BCUT2D eigenvalue weighted by Crippen LogP contribution is -2.38. The fourth-order valence-electron chi connectivity index (χ4n) is 2.64. The van der Waals surface area contributed by atoms with Gasteiger partial charge in [0, 0.05) is 5.02 Å². The summed E-state index contributed by atoms with van der Waals surface area (Å²) >= 11 is 5.98. The highest BCUT2D eigenvalue weighted by Crippen LogP contribution is 2.17. The van der Waals surface area contributed by atoms with Crippen LogP contribution in [0.25, 0.3) is 0 Å². The van der Waals surface area contributed by atoms with Crippen molar-refractivity contribution in [2.75, 3.05) is 19.6 Å². The second-order valence-electron chi connectivity index (χ2n) is 5.53. The van der Waals surface area contributed by atoms with Crippen molar-refractivity contribution in [1.29, 1.82) is 0 Å². The zero-order valence-corrected chi connectivity index (χ0v) is 12.8. The van der Waals surface area contributed by atoms with Crippen molar-refractivity contribution in [1.82, 2.24) is 10.2 Å². The van der Waals surface area contributed by atoms with Crippen molar-refractivity contribution in [3.8, 4) is 0 Å². The van der Waals surface area contributed by atoms with E-state index in [9.17, 15) is 4.79 Å². The molecule has 20 heavy (non-hydrogen) atoms. The monoisotopic (exact) mass is 294 g/mol. The van der Waals surface area contributed by atoms with Gasteiger partial charge in [-0.1, -0.05) is 36.6 Å². The molecule has 1 N–H and O–H groups in total. The first-order valence-corrected chi connectivity index (χ1v) is 7.80. The number of halogens is 1. The maximum absolute atomic E-state index is 12.1. The molecule has 4 heteroatoms. The number of benzene rings is 1. The molecule has 2 rings (SSSR count). The summed E-state index contributed by atoms with van der Waals surface area (Å²) in [5, 5.41) is 3.76. The van der Waals surface area contributed by atoms with E-state index >= 15 is 0 Å². The van der Waals surface area contributed by atoms with Gasteiger partial charge in [0.1, 0.15) is 0 Å². The molecule has 3 nitrogen and oxygen atoms in total. The minimum absolute atomic E-state index is 0.00632. The first-order chi connectivity index (χ1) is 9.65. The molecule has 1 aromatic carbocycles. The van der Waals surface area contributed by atoms with Crippen LogP contribution in [0.15, 0.2) is 24.3 Å². The number of rotatable bonds is 4. The number of hydrogen-bond donors (Lipinski definition) is 1. The number of nitrogens with zero attached hydrogens (tertiary/aromatic N) is 1. The first-order valence-electron chi connectivity index (χ1n) is 7.42. The standard InChI is InChI=1S/C16H23ClN2O/c1-13(14-7-6-8-15(17)11-14)18-16(20)12-19-9-4-2-3-5-10-19/h6-8,11,13H,2-5,9-10,12H2,1H3,(H,18,20). The van der Waals surface area contributed by atoms with Gasteiger partial charge in [0.05, 0.1) is 12.6 Å². The first kappa shape index (κ1) is 15.3. The number of carbonyl (C=O) groups excluding carboxylic acids is 1. The van der Waals surface area contributed by atoms with Crippen LogP contribution in [0.3, 0.4) is 0 Å². The van der Waals surface area contributed by atoms with E-state index in [4.69, 9.17) is 11.6 Å². The van der Waals surface area contributed by atoms with Gasteiger partial charge in [0.2, 0.25) is 5.91 Å². The Bertz CT molecular complexity index is 442. The maximum Gasteiger partial charge on any atom is 0.234 e. The van der Waals surface area contributed by atoms with Crippen molar-refractivity contribution in [2.24, 2.45) is 0 Å². The Morgan fingerprint density at radius 1 is 1.30 bits per heavy atom. The number of carbonyl (C=O) groups is 1. The van der Waals surface area contributed by atoms with Crippen molar-refractivity contribution in [3.63, 3.8) is 0 Å². The van der Waals surface area contributed by atoms with Gasteiger partial charge in [-0.25, -0.2) is 0 Å². The molecule has 1 amide bonds. The minimum atomic E-state index is -0.00632. The third-order valence-electron chi connectivity index (χ3n) is 3.79. The number of hydrogen-bond acceptors (Lipinski definition) is 2. The van der Waals surface area contributed by atoms with Crippen LogP contribution in [0, 0.1) is 0 Å². The quantitative estimate of drug-likeness (QED) is 0.923. The van der Waals surface area contributed by atoms with E-state index in [-0.39, 0.29) is 11.9 Å². The Balaban J connectivity index is 1.84. The lowest BCUT2D eigenvalue weighted by Gasteiger charge is -2.21. The van der Waals surface area contributed by atoms with Crippen LogP contribution >= 0.6 is 11.6 Å². The van der Waals surface area contributed by atoms with Crippen LogP contribution < -0.4 is 5.32 Å². The predicted octanol–water partition coefficient (Wildman–Crippen LogP) is 3.39. The van der Waals surface area contributed by atoms with Gasteiger partial charge in [-0.3, -0.25) is 9.69 Å². The molecule has 1 unspecified atom stereocenters. The fraction of sp³-hybridized carbons (Fsp3) is 0.562. The highest BCUT2D eigenvalue weighted by Gasteiger charge is 2.15. The molecule has 0 radical (unpaired) electrons. The van der Waals surface area contributed by atoms with Crippen LogP contribution in [-0.2, 0) is 4.79 Å². The Labute approximate surface area is 126 Å². The van der Waals surface area contributed by atoms with Gasteiger partial charge in [-0.15, -0.1) is 0 Å². The Morgan fingerprint density at radius 2 is 2.00 bits per heavy atom. The molecule has 0 spiro atoms. The molecule has 1 fully saturated rings. The van der Waals surface area contributed by atoms with Gasteiger partial charge < -0.3 is 5.32 Å². The van der Waals surface area contributed by atoms with E-state index in [2.05, 4.69) is 10.2 Å². The van der Waals surface area contributed by atoms with Gasteiger partial charge in [-0.05, 0) is 50.6 Å². The largest absolute Gasteiger partial charge is 0.348 e. The minimum Gasteiger partial charge on any atom is -0.348 e. The van der Waals surface area contributed by atoms with Gasteiger partial charge >= 0.3 is 0 Å². The van der Waals surface area contributed by atoms with Crippen LogP contribution in [-0.4, -0.2) is 30.4 Å². The molecular weight excluding hydrogens is 272 g/mol. The third kappa shape index (κ3) is 4.80. The normalized spacial score (nSPS) is 18.3.